The molecule has 1 aromatic carbocycles. The van der Waals surface area contributed by atoms with E-state index in [1.54, 1.807) is 0 Å². The molecule has 0 spiro atoms. The molecule has 1 aromatic rings. The Morgan fingerprint density at radius 1 is 1.25 bits per heavy atom. The van der Waals surface area contributed by atoms with Gasteiger partial charge >= 0.3 is 0 Å². The number of benzene rings is 1. The van der Waals surface area contributed by atoms with Crippen LogP contribution in [-0.4, -0.2) is 43.8 Å². The van der Waals surface area contributed by atoms with Crippen molar-refractivity contribution in [2.75, 3.05) is 26.7 Å². The Hall–Kier alpha value is -0.900. The number of rotatable bonds is 5. The molecule has 112 valence electrons. The molecular weight excluding hydrogens is 248 g/mol. The maximum Gasteiger partial charge on any atom is 0.0678 e. The molecule has 1 aliphatic rings. The Bertz CT molecular complexity index is 411. The van der Waals surface area contributed by atoms with Crippen molar-refractivity contribution in [3.05, 3.63) is 35.4 Å². The molecule has 1 fully saturated rings. The predicted molar refractivity (Wildman–Crippen MR) is 84.0 cm³/mol. The Morgan fingerprint density at radius 3 is 2.50 bits per heavy atom. The van der Waals surface area contributed by atoms with E-state index < -0.39 is 0 Å². The van der Waals surface area contributed by atoms with E-state index in [1.165, 1.54) is 11.1 Å². The van der Waals surface area contributed by atoms with Crippen molar-refractivity contribution in [1.29, 1.82) is 0 Å². The first-order chi connectivity index (χ1) is 9.60. The van der Waals surface area contributed by atoms with Crippen molar-refractivity contribution in [3.8, 4) is 0 Å². The van der Waals surface area contributed by atoms with E-state index >= 15 is 0 Å². The van der Waals surface area contributed by atoms with Gasteiger partial charge in [-0.3, -0.25) is 4.90 Å². The van der Waals surface area contributed by atoms with Crippen molar-refractivity contribution < 1.29 is 4.74 Å². The predicted octanol–water partition coefficient (Wildman–Crippen LogP) is 2.75. The van der Waals surface area contributed by atoms with Crippen LogP contribution in [-0.2, 0) is 4.74 Å². The molecule has 1 N–H and O–H groups in total. The average Bonchev–Trinajstić information content (AvgIpc) is 2.40. The van der Waals surface area contributed by atoms with Gasteiger partial charge in [0.1, 0.15) is 0 Å². The van der Waals surface area contributed by atoms with Crippen molar-refractivity contribution in [2.24, 2.45) is 0 Å². The molecule has 3 atom stereocenters. The van der Waals surface area contributed by atoms with Gasteiger partial charge in [0, 0.05) is 25.7 Å². The van der Waals surface area contributed by atoms with Crippen LogP contribution >= 0.6 is 0 Å². The zero-order chi connectivity index (χ0) is 14.5. The molecule has 0 saturated carbocycles. The summed E-state index contributed by atoms with van der Waals surface area (Å²) in [5.41, 5.74) is 2.79. The molecule has 0 bridgehead atoms. The van der Waals surface area contributed by atoms with E-state index in [0.29, 0.717) is 18.2 Å². The van der Waals surface area contributed by atoms with E-state index in [-0.39, 0.29) is 0 Å². The van der Waals surface area contributed by atoms with Gasteiger partial charge in [0.25, 0.3) is 0 Å². The summed E-state index contributed by atoms with van der Waals surface area (Å²) in [4.78, 5) is 2.53. The van der Waals surface area contributed by atoms with Gasteiger partial charge in [-0.15, -0.1) is 0 Å². The summed E-state index contributed by atoms with van der Waals surface area (Å²) in [5, 5.41) is 3.46. The minimum absolute atomic E-state index is 0.352. The first-order valence-corrected chi connectivity index (χ1v) is 7.70. The smallest absolute Gasteiger partial charge is 0.0678 e. The van der Waals surface area contributed by atoms with Crippen LogP contribution in [0.15, 0.2) is 24.3 Å². The van der Waals surface area contributed by atoms with Gasteiger partial charge in [-0.25, -0.2) is 0 Å². The summed E-state index contributed by atoms with van der Waals surface area (Å²) in [6.07, 6.45) is 1.84. The molecule has 20 heavy (non-hydrogen) atoms. The normalized spacial score (nSPS) is 25.6. The number of ether oxygens (including phenoxy) is 1. The second-order valence-corrected chi connectivity index (χ2v) is 6.00. The van der Waals surface area contributed by atoms with Crippen molar-refractivity contribution in [3.63, 3.8) is 0 Å². The number of aryl methyl sites for hydroxylation is 1. The minimum Gasteiger partial charge on any atom is -0.373 e. The highest BCUT2D eigenvalue weighted by atomic mass is 16.5. The SMILES string of the molecule is CNC(CCN1C[C@@H](C)O[C@@H](C)C1)c1ccccc1C. The number of morpholine rings is 1. The molecule has 1 unspecified atom stereocenters. The van der Waals surface area contributed by atoms with Gasteiger partial charge in [-0.05, 0) is 45.4 Å². The van der Waals surface area contributed by atoms with Crippen LogP contribution in [0, 0.1) is 6.92 Å². The summed E-state index contributed by atoms with van der Waals surface area (Å²) >= 11 is 0. The van der Waals surface area contributed by atoms with Crippen LogP contribution in [0.1, 0.15) is 37.4 Å². The van der Waals surface area contributed by atoms with Crippen molar-refractivity contribution in [1.82, 2.24) is 10.2 Å². The molecule has 0 aromatic heterocycles. The molecule has 2 rings (SSSR count). The number of hydrogen-bond donors (Lipinski definition) is 1. The quantitative estimate of drug-likeness (QED) is 0.895. The Labute approximate surface area is 123 Å². The molecule has 0 aliphatic carbocycles. The Morgan fingerprint density at radius 2 is 1.90 bits per heavy atom. The van der Waals surface area contributed by atoms with Crippen LogP contribution in [0.5, 0.6) is 0 Å². The van der Waals surface area contributed by atoms with Gasteiger partial charge in [-0.2, -0.15) is 0 Å². The number of hydrogen-bond acceptors (Lipinski definition) is 3. The fourth-order valence-corrected chi connectivity index (χ4v) is 3.21. The van der Waals surface area contributed by atoms with Crippen molar-refractivity contribution >= 4 is 0 Å². The zero-order valence-electron chi connectivity index (χ0n) is 13.2. The van der Waals surface area contributed by atoms with Crippen LogP contribution in [0.3, 0.4) is 0 Å². The third kappa shape index (κ3) is 4.05. The maximum atomic E-state index is 5.80. The first-order valence-electron chi connectivity index (χ1n) is 7.70. The molecule has 3 heteroatoms. The molecule has 0 radical (unpaired) electrons. The van der Waals surface area contributed by atoms with E-state index in [0.717, 1.165) is 26.1 Å². The lowest BCUT2D eigenvalue weighted by molar-refractivity contribution is -0.0685. The summed E-state index contributed by atoms with van der Waals surface area (Å²) in [7, 11) is 2.06. The second kappa shape index (κ2) is 7.21. The highest BCUT2D eigenvalue weighted by Crippen LogP contribution is 2.21. The second-order valence-electron chi connectivity index (χ2n) is 6.00. The Balaban J connectivity index is 1.93. The molecule has 1 heterocycles. The molecule has 1 saturated heterocycles. The first kappa shape index (κ1) is 15.5. The summed E-state index contributed by atoms with van der Waals surface area (Å²) in [6, 6.07) is 9.10. The summed E-state index contributed by atoms with van der Waals surface area (Å²) < 4.78 is 5.80. The minimum atomic E-state index is 0.352. The molecular formula is C17H28N2O. The van der Waals surface area contributed by atoms with E-state index in [2.05, 4.69) is 62.3 Å². The fraction of sp³-hybridized carbons (Fsp3) is 0.647. The topological polar surface area (TPSA) is 24.5 Å². The molecule has 0 amide bonds. The third-order valence-electron chi connectivity index (χ3n) is 4.14. The number of nitrogens with zero attached hydrogens (tertiary/aromatic N) is 1. The summed E-state index contributed by atoms with van der Waals surface area (Å²) in [6.45, 7) is 9.75. The average molecular weight is 276 g/mol. The third-order valence-corrected chi connectivity index (χ3v) is 4.14. The van der Waals surface area contributed by atoms with E-state index in [9.17, 15) is 0 Å². The highest BCUT2D eigenvalue weighted by molar-refractivity contribution is 5.28. The van der Waals surface area contributed by atoms with E-state index in [1.807, 2.05) is 0 Å². The monoisotopic (exact) mass is 276 g/mol. The molecule has 3 nitrogen and oxygen atoms in total. The van der Waals surface area contributed by atoms with Gasteiger partial charge in [0.05, 0.1) is 12.2 Å². The Kier molecular flexibility index (Phi) is 5.58. The number of nitrogens with one attached hydrogen (secondary N) is 1. The highest BCUT2D eigenvalue weighted by Gasteiger charge is 2.22. The fourth-order valence-electron chi connectivity index (χ4n) is 3.21. The lowest BCUT2D eigenvalue weighted by Crippen LogP contribution is -2.46. The largest absolute Gasteiger partial charge is 0.373 e. The zero-order valence-corrected chi connectivity index (χ0v) is 13.2. The standard InChI is InChI=1S/C17H28N2O/c1-13-7-5-6-8-16(13)17(18-4)9-10-19-11-14(2)20-15(3)12-19/h5-8,14-15,17-18H,9-12H2,1-4H3/t14-,15+,17?. The van der Waals surface area contributed by atoms with Crippen LogP contribution < -0.4 is 5.32 Å². The van der Waals surface area contributed by atoms with E-state index in [4.69, 9.17) is 4.74 Å². The van der Waals surface area contributed by atoms with Crippen LogP contribution in [0.2, 0.25) is 0 Å². The maximum absolute atomic E-state index is 5.80. The van der Waals surface area contributed by atoms with Crippen LogP contribution in [0.4, 0.5) is 0 Å². The van der Waals surface area contributed by atoms with Crippen LogP contribution in [0.25, 0.3) is 0 Å². The lowest BCUT2D eigenvalue weighted by atomic mass is 9.98. The summed E-state index contributed by atoms with van der Waals surface area (Å²) in [5.74, 6) is 0. The van der Waals surface area contributed by atoms with Gasteiger partial charge in [0.15, 0.2) is 0 Å². The van der Waals surface area contributed by atoms with Gasteiger partial charge in [0.2, 0.25) is 0 Å². The lowest BCUT2D eigenvalue weighted by Gasteiger charge is -2.36. The van der Waals surface area contributed by atoms with Gasteiger partial charge < -0.3 is 10.1 Å². The van der Waals surface area contributed by atoms with Gasteiger partial charge in [-0.1, -0.05) is 24.3 Å². The van der Waals surface area contributed by atoms with Crippen molar-refractivity contribution in [2.45, 2.75) is 45.4 Å². The molecule has 1 aliphatic heterocycles.